The zero-order chi connectivity index (χ0) is 15.4. The first kappa shape index (κ1) is 21.9. The summed E-state index contributed by atoms with van der Waals surface area (Å²) in [5.74, 6) is -0.621. The van der Waals surface area contributed by atoms with Gasteiger partial charge in [-0.05, 0) is 24.5 Å². The number of halogens is 3. The largest absolute Gasteiger partial charge is 0.505 e. The fraction of sp³-hybridized carbons (Fsp3) is 0.562. The number of benzene rings is 1. The van der Waals surface area contributed by atoms with Gasteiger partial charge >= 0.3 is 0 Å². The summed E-state index contributed by atoms with van der Waals surface area (Å²) in [5.41, 5.74) is 0.784. The Bertz CT molecular complexity index is 543. The summed E-state index contributed by atoms with van der Waals surface area (Å²) < 4.78 is 13.9. The van der Waals surface area contributed by atoms with Gasteiger partial charge in [0.05, 0.1) is 11.6 Å². The van der Waals surface area contributed by atoms with Gasteiger partial charge in [0.1, 0.15) is 0 Å². The highest BCUT2D eigenvalue weighted by atomic mass is 35.5. The third-order valence-electron chi connectivity index (χ3n) is 3.87. The van der Waals surface area contributed by atoms with Crippen LogP contribution >= 0.6 is 24.8 Å². The minimum Gasteiger partial charge on any atom is -0.505 e. The number of nitriles is 1. The summed E-state index contributed by atoms with van der Waals surface area (Å²) in [5, 5.41) is 22.4. The molecule has 1 saturated heterocycles. The van der Waals surface area contributed by atoms with Gasteiger partial charge in [-0.15, -0.1) is 24.8 Å². The number of piperazine rings is 1. The van der Waals surface area contributed by atoms with E-state index in [4.69, 9.17) is 5.26 Å². The molecule has 0 unspecified atom stereocenters. The van der Waals surface area contributed by atoms with Crippen LogP contribution in [0.1, 0.15) is 37.4 Å². The van der Waals surface area contributed by atoms with Crippen LogP contribution in [0.15, 0.2) is 12.1 Å². The lowest BCUT2D eigenvalue weighted by atomic mass is 9.93. The number of nitrogens with zero attached hydrogens (tertiary/aromatic N) is 2. The van der Waals surface area contributed by atoms with E-state index >= 15 is 0 Å². The first-order valence-electron chi connectivity index (χ1n) is 7.40. The molecule has 1 aliphatic rings. The zero-order valence-electron chi connectivity index (χ0n) is 13.4. The van der Waals surface area contributed by atoms with E-state index < -0.39 is 5.82 Å². The van der Waals surface area contributed by atoms with E-state index in [1.165, 1.54) is 0 Å². The van der Waals surface area contributed by atoms with Crippen molar-refractivity contribution in [1.29, 1.82) is 5.26 Å². The fourth-order valence-corrected chi connectivity index (χ4v) is 2.85. The Labute approximate surface area is 149 Å². The first-order chi connectivity index (χ1) is 10.0. The molecular weight excluding hydrogens is 340 g/mol. The molecule has 0 radical (unpaired) electrons. The molecule has 0 saturated carbocycles. The van der Waals surface area contributed by atoms with E-state index in [0.717, 1.165) is 38.7 Å². The molecule has 0 aromatic heterocycles. The average molecular weight is 364 g/mol. The van der Waals surface area contributed by atoms with E-state index in [9.17, 15) is 9.50 Å². The SMILES string of the molecule is CC(C)C[C@H](c1cc(C#N)cc(F)c1O)N1CCNCC1.Cl.Cl. The molecule has 23 heavy (non-hydrogen) atoms. The van der Waals surface area contributed by atoms with Crippen molar-refractivity contribution in [2.75, 3.05) is 26.2 Å². The number of rotatable bonds is 4. The van der Waals surface area contributed by atoms with Gasteiger partial charge < -0.3 is 10.4 Å². The van der Waals surface area contributed by atoms with Crippen LogP contribution in [-0.4, -0.2) is 36.2 Å². The molecule has 0 spiro atoms. The van der Waals surface area contributed by atoms with Gasteiger partial charge in [-0.3, -0.25) is 4.90 Å². The van der Waals surface area contributed by atoms with E-state index in [0.29, 0.717) is 11.5 Å². The van der Waals surface area contributed by atoms with E-state index in [2.05, 4.69) is 24.1 Å². The normalized spacial score (nSPS) is 16.1. The highest BCUT2D eigenvalue weighted by Crippen LogP contribution is 2.36. The Morgan fingerprint density at radius 2 is 1.91 bits per heavy atom. The minimum atomic E-state index is -0.715. The second-order valence-corrected chi connectivity index (χ2v) is 5.94. The third-order valence-corrected chi connectivity index (χ3v) is 3.87. The monoisotopic (exact) mass is 363 g/mol. The van der Waals surface area contributed by atoms with Crippen molar-refractivity contribution in [3.05, 3.63) is 29.1 Å². The summed E-state index contributed by atoms with van der Waals surface area (Å²) in [6.07, 6.45) is 0.821. The summed E-state index contributed by atoms with van der Waals surface area (Å²) in [6.45, 7) is 7.70. The van der Waals surface area contributed by atoms with E-state index in [1.54, 1.807) is 6.07 Å². The van der Waals surface area contributed by atoms with E-state index in [-0.39, 0.29) is 42.2 Å². The highest BCUT2D eigenvalue weighted by Gasteiger charge is 2.27. The molecule has 1 aliphatic heterocycles. The highest BCUT2D eigenvalue weighted by molar-refractivity contribution is 5.85. The van der Waals surface area contributed by atoms with Crippen LogP contribution in [0.4, 0.5) is 4.39 Å². The van der Waals surface area contributed by atoms with Gasteiger partial charge in [0.15, 0.2) is 11.6 Å². The minimum absolute atomic E-state index is 0. The van der Waals surface area contributed by atoms with Gasteiger partial charge in [0.2, 0.25) is 0 Å². The second kappa shape index (κ2) is 9.94. The topological polar surface area (TPSA) is 59.3 Å². The molecule has 0 aliphatic carbocycles. The molecule has 130 valence electrons. The van der Waals surface area contributed by atoms with Crippen LogP contribution in [0.2, 0.25) is 0 Å². The summed E-state index contributed by atoms with van der Waals surface area (Å²) in [4.78, 5) is 2.26. The summed E-state index contributed by atoms with van der Waals surface area (Å²) >= 11 is 0. The summed E-state index contributed by atoms with van der Waals surface area (Å²) in [6, 6.07) is 4.61. The molecule has 0 bridgehead atoms. The van der Waals surface area contributed by atoms with Crippen LogP contribution in [0.5, 0.6) is 5.75 Å². The van der Waals surface area contributed by atoms with Crippen molar-refractivity contribution in [3.63, 3.8) is 0 Å². The number of aromatic hydroxyl groups is 1. The number of phenolic OH excluding ortho intramolecular Hbond substituents is 1. The Morgan fingerprint density at radius 1 is 1.30 bits per heavy atom. The molecule has 4 nitrogen and oxygen atoms in total. The van der Waals surface area contributed by atoms with Crippen molar-refractivity contribution in [1.82, 2.24) is 10.2 Å². The number of phenols is 1. The molecule has 7 heteroatoms. The molecule has 2 N–H and O–H groups in total. The van der Waals surface area contributed by atoms with Crippen LogP contribution in [0.3, 0.4) is 0 Å². The Kier molecular flexibility index (Phi) is 9.48. The Hall–Kier alpha value is -1.06. The molecule has 1 aromatic carbocycles. The van der Waals surface area contributed by atoms with Crippen LogP contribution in [0, 0.1) is 23.1 Å². The molecule has 2 rings (SSSR count). The standard InChI is InChI=1S/C16H22FN3O.2ClH/c1-11(2)7-15(20-5-3-19-4-6-20)13-8-12(10-18)9-14(17)16(13)21;;/h8-9,11,15,19,21H,3-7H2,1-2H3;2*1H/t15-;;/m1../s1. The number of nitrogens with one attached hydrogen (secondary N) is 1. The predicted molar refractivity (Wildman–Crippen MR) is 93.9 cm³/mol. The molecular formula is C16H24Cl2FN3O. The van der Waals surface area contributed by atoms with Crippen molar-refractivity contribution >= 4 is 24.8 Å². The first-order valence-corrected chi connectivity index (χ1v) is 7.40. The average Bonchev–Trinajstić information content (AvgIpc) is 2.48. The molecule has 1 heterocycles. The number of hydrogen-bond donors (Lipinski definition) is 2. The molecule has 1 fully saturated rings. The van der Waals surface area contributed by atoms with Gasteiger partial charge in [0, 0.05) is 37.8 Å². The van der Waals surface area contributed by atoms with Gasteiger partial charge in [-0.25, -0.2) is 4.39 Å². The summed E-state index contributed by atoms with van der Waals surface area (Å²) in [7, 11) is 0. The quantitative estimate of drug-likeness (QED) is 0.861. The molecule has 1 atom stereocenters. The lowest BCUT2D eigenvalue weighted by molar-refractivity contribution is 0.151. The Balaban J connectivity index is 0.00000242. The maximum atomic E-state index is 13.9. The molecule has 0 amide bonds. The van der Waals surface area contributed by atoms with Crippen molar-refractivity contribution in [2.24, 2.45) is 5.92 Å². The van der Waals surface area contributed by atoms with Crippen LogP contribution in [0.25, 0.3) is 0 Å². The maximum Gasteiger partial charge on any atom is 0.166 e. The number of hydrogen-bond acceptors (Lipinski definition) is 4. The van der Waals surface area contributed by atoms with Crippen LogP contribution in [-0.2, 0) is 0 Å². The smallest absolute Gasteiger partial charge is 0.166 e. The van der Waals surface area contributed by atoms with Crippen molar-refractivity contribution < 1.29 is 9.50 Å². The Morgan fingerprint density at radius 3 is 2.43 bits per heavy atom. The second-order valence-electron chi connectivity index (χ2n) is 5.94. The van der Waals surface area contributed by atoms with Crippen molar-refractivity contribution in [2.45, 2.75) is 26.3 Å². The zero-order valence-corrected chi connectivity index (χ0v) is 15.0. The van der Waals surface area contributed by atoms with Crippen LogP contribution < -0.4 is 5.32 Å². The predicted octanol–water partition coefficient (Wildman–Crippen LogP) is 3.24. The van der Waals surface area contributed by atoms with Crippen molar-refractivity contribution in [3.8, 4) is 11.8 Å². The lowest BCUT2D eigenvalue weighted by Gasteiger charge is -2.36. The van der Waals surface area contributed by atoms with Gasteiger partial charge in [0.25, 0.3) is 0 Å². The van der Waals surface area contributed by atoms with Gasteiger partial charge in [-0.2, -0.15) is 5.26 Å². The van der Waals surface area contributed by atoms with Gasteiger partial charge in [-0.1, -0.05) is 13.8 Å². The maximum absolute atomic E-state index is 13.9. The molecule has 1 aromatic rings. The fourth-order valence-electron chi connectivity index (χ4n) is 2.85. The van der Waals surface area contributed by atoms with E-state index in [1.807, 2.05) is 6.07 Å². The lowest BCUT2D eigenvalue weighted by Crippen LogP contribution is -2.45. The third kappa shape index (κ3) is 5.50.